The van der Waals surface area contributed by atoms with Crippen molar-refractivity contribution < 1.29 is 0 Å². The largest absolute Gasteiger partial charge is 0.316 e. The van der Waals surface area contributed by atoms with Crippen molar-refractivity contribution in [2.45, 2.75) is 65.3 Å². The van der Waals surface area contributed by atoms with Gasteiger partial charge in [-0.1, -0.05) is 27.2 Å². The first kappa shape index (κ1) is 17.2. The molecule has 2 saturated heterocycles. The second-order valence-corrected chi connectivity index (χ2v) is 7.66. The molecule has 2 aliphatic rings. The normalized spacial score (nSPS) is 27.3. The van der Waals surface area contributed by atoms with E-state index in [-0.39, 0.29) is 0 Å². The van der Waals surface area contributed by atoms with Gasteiger partial charge in [-0.05, 0) is 63.7 Å². The van der Waals surface area contributed by atoms with Gasteiger partial charge in [-0.15, -0.1) is 0 Å². The van der Waals surface area contributed by atoms with E-state index in [0.29, 0.717) is 5.41 Å². The van der Waals surface area contributed by atoms with Crippen molar-refractivity contribution in [3.8, 4) is 0 Å². The van der Waals surface area contributed by atoms with Crippen molar-refractivity contribution in [1.29, 1.82) is 0 Å². The molecule has 0 aromatic rings. The van der Waals surface area contributed by atoms with Gasteiger partial charge < -0.3 is 10.2 Å². The minimum atomic E-state index is 0.448. The zero-order chi connectivity index (χ0) is 15.1. The molecule has 0 aliphatic carbocycles. The number of likely N-dealkylation sites (tertiary alicyclic amines) is 2. The molecule has 0 saturated carbocycles. The van der Waals surface area contributed by atoms with Gasteiger partial charge in [0.05, 0.1) is 0 Å². The lowest BCUT2D eigenvalue weighted by Crippen LogP contribution is -2.43. The van der Waals surface area contributed by atoms with Gasteiger partial charge in [0, 0.05) is 25.7 Å². The summed E-state index contributed by atoms with van der Waals surface area (Å²) in [6.45, 7) is 16.0. The molecule has 0 aromatic heterocycles. The monoisotopic (exact) mass is 295 g/mol. The summed E-state index contributed by atoms with van der Waals surface area (Å²) in [6.07, 6.45) is 8.12. The van der Waals surface area contributed by atoms with Gasteiger partial charge in [-0.2, -0.15) is 0 Å². The second kappa shape index (κ2) is 8.50. The SMILES string of the molecule is CCCNCC(C)(CCC)CN1CCC(N2CCCC2)C1. The Morgan fingerprint density at radius 1 is 1.10 bits per heavy atom. The molecule has 124 valence electrons. The molecule has 2 fully saturated rings. The van der Waals surface area contributed by atoms with Gasteiger partial charge in [0.15, 0.2) is 0 Å². The molecule has 0 bridgehead atoms. The lowest BCUT2D eigenvalue weighted by molar-refractivity contribution is 0.159. The molecular weight excluding hydrogens is 258 g/mol. The average Bonchev–Trinajstić information content (AvgIpc) is 3.09. The molecule has 2 aliphatic heterocycles. The van der Waals surface area contributed by atoms with E-state index in [9.17, 15) is 0 Å². The van der Waals surface area contributed by atoms with Gasteiger partial charge in [-0.25, -0.2) is 0 Å². The number of hydrogen-bond acceptors (Lipinski definition) is 3. The van der Waals surface area contributed by atoms with Crippen LogP contribution in [0.25, 0.3) is 0 Å². The highest BCUT2D eigenvalue weighted by molar-refractivity contribution is 4.89. The van der Waals surface area contributed by atoms with E-state index >= 15 is 0 Å². The Morgan fingerprint density at radius 3 is 2.52 bits per heavy atom. The summed E-state index contributed by atoms with van der Waals surface area (Å²) in [5.74, 6) is 0. The van der Waals surface area contributed by atoms with Crippen LogP contribution in [0.3, 0.4) is 0 Å². The molecule has 3 heteroatoms. The summed E-state index contributed by atoms with van der Waals surface area (Å²) in [4.78, 5) is 5.48. The summed E-state index contributed by atoms with van der Waals surface area (Å²) < 4.78 is 0. The molecule has 2 heterocycles. The summed E-state index contributed by atoms with van der Waals surface area (Å²) >= 11 is 0. The molecule has 21 heavy (non-hydrogen) atoms. The maximum atomic E-state index is 3.66. The Bertz CT molecular complexity index is 288. The fourth-order valence-corrected chi connectivity index (χ4v) is 4.29. The number of nitrogens with zero attached hydrogens (tertiary/aromatic N) is 2. The van der Waals surface area contributed by atoms with E-state index in [1.807, 2.05) is 0 Å². The average molecular weight is 296 g/mol. The summed E-state index contributed by atoms with van der Waals surface area (Å²) in [6, 6.07) is 0.849. The van der Waals surface area contributed by atoms with Crippen molar-refractivity contribution in [3.63, 3.8) is 0 Å². The molecule has 3 nitrogen and oxygen atoms in total. The minimum Gasteiger partial charge on any atom is -0.316 e. The van der Waals surface area contributed by atoms with Crippen LogP contribution in [0.4, 0.5) is 0 Å². The van der Waals surface area contributed by atoms with E-state index in [2.05, 4.69) is 35.9 Å². The molecule has 0 radical (unpaired) electrons. The highest BCUT2D eigenvalue weighted by atomic mass is 15.3. The Morgan fingerprint density at radius 2 is 1.86 bits per heavy atom. The third kappa shape index (κ3) is 5.22. The molecule has 2 atom stereocenters. The first-order valence-corrected chi connectivity index (χ1v) is 9.34. The lowest BCUT2D eigenvalue weighted by atomic mass is 9.85. The maximum Gasteiger partial charge on any atom is 0.0235 e. The Balaban J connectivity index is 1.79. The topological polar surface area (TPSA) is 18.5 Å². The molecule has 0 aromatic carbocycles. The third-order valence-corrected chi connectivity index (χ3v) is 5.34. The van der Waals surface area contributed by atoms with Crippen LogP contribution in [-0.4, -0.2) is 61.7 Å². The predicted octanol–water partition coefficient (Wildman–Crippen LogP) is 2.96. The van der Waals surface area contributed by atoms with Gasteiger partial charge in [-0.3, -0.25) is 4.90 Å². The number of rotatable bonds is 9. The summed E-state index contributed by atoms with van der Waals surface area (Å²) in [5, 5.41) is 3.66. The highest BCUT2D eigenvalue weighted by Gasteiger charge is 2.33. The van der Waals surface area contributed by atoms with Crippen LogP contribution < -0.4 is 5.32 Å². The zero-order valence-electron chi connectivity index (χ0n) is 14.7. The highest BCUT2D eigenvalue weighted by Crippen LogP contribution is 2.28. The van der Waals surface area contributed by atoms with E-state index in [4.69, 9.17) is 0 Å². The minimum absolute atomic E-state index is 0.448. The molecule has 1 N–H and O–H groups in total. The van der Waals surface area contributed by atoms with Crippen LogP contribution in [0, 0.1) is 5.41 Å². The summed E-state index contributed by atoms with van der Waals surface area (Å²) in [5.41, 5.74) is 0.448. The van der Waals surface area contributed by atoms with E-state index in [1.165, 1.54) is 77.8 Å². The van der Waals surface area contributed by atoms with Crippen LogP contribution in [-0.2, 0) is 0 Å². The quantitative estimate of drug-likeness (QED) is 0.660. The zero-order valence-corrected chi connectivity index (χ0v) is 14.7. The van der Waals surface area contributed by atoms with Crippen LogP contribution in [0.1, 0.15) is 59.3 Å². The molecule has 0 spiro atoms. The predicted molar refractivity (Wildman–Crippen MR) is 91.8 cm³/mol. The smallest absolute Gasteiger partial charge is 0.0235 e. The van der Waals surface area contributed by atoms with E-state index in [1.54, 1.807) is 0 Å². The van der Waals surface area contributed by atoms with Crippen molar-refractivity contribution in [1.82, 2.24) is 15.1 Å². The Kier molecular flexibility index (Phi) is 6.97. The molecule has 2 unspecified atom stereocenters. The first-order chi connectivity index (χ1) is 10.2. The van der Waals surface area contributed by atoms with Crippen LogP contribution in [0.5, 0.6) is 0 Å². The van der Waals surface area contributed by atoms with Crippen LogP contribution in [0.15, 0.2) is 0 Å². The van der Waals surface area contributed by atoms with Gasteiger partial charge in [0.2, 0.25) is 0 Å². The van der Waals surface area contributed by atoms with Crippen LogP contribution in [0.2, 0.25) is 0 Å². The van der Waals surface area contributed by atoms with Crippen LogP contribution >= 0.6 is 0 Å². The van der Waals surface area contributed by atoms with E-state index < -0.39 is 0 Å². The van der Waals surface area contributed by atoms with Gasteiger partial charge in [0.25, 0.3) is 0 Å². The third-order valence-electron chi connectivity index (χ3n) is 5.34. The molecule has 0 amide bonds. The van der Waals surface area contributed by atoms with Crippen molar-refractivity contribution in [2.75, 3.05) is 45.8 Å². The van der Waals surface area contributed by atoms with Gasteiger partial charge in [0.1, 0.15) is 0 Å². The lowest BCUT2D eigenvalue weighted by Gasteiger charge is -2.34. The Labute approximate surface area is 132 Å². The second-order valence-electron chi connectivity index (χ2n) is 7.66. The Hall–Kier alpha value is -0.120. The first-order valence-electron chi connectivity index (χ1n) is 9.34. The van der Waals surface area contributed by atoms with Crippen molar-refractivity contribution >= 4 is 0 Å². The van der Waals surface area contributed by atoms with Crippen molar-refractivity contribution in [3.05, 3.63) is 0 Å². The number of nitrogens with one attached hydrogen (secondary N) is 1. The molecule has 2 rings (SSSR count). The van der Waals surface area contributed by atoms with Crippen molar-refractivity contribution in [2.24, 2.45) is 5.41 Å². The summed E-state index contributed by atoms with van der Waals surface area (Å²) in [7, 11) is 0. The van der Waals surface area contributed by atoms with E-state index in [0.717, 1.165) is 12.6 Å². The number of hydrogen-bond donors (Lipinski definition) is 1. The maximum absolute atomic E-state index is 3.66. The molecular formula is C18H37N3. The standard InChI is InChI=1S/C18H37N3/c1-4-9-18(3,15-19-10-5-2)16-20-13-8-17(14-20)21-11-6-7-12-21/h17,19H,4-16H2,1-3H3. The fourth-order valence-electron chi connectivity index (χ4n) is 4.29. The van der Waals surface area contributed by atoms with Gasteiger partial charge >= 0.3 is 0 Å². The fraction of sp³-hybridized carbons (Fsp3) is 1.00.